The molecule has 1 atom stereocenters. The molecule has 0 amide bonds. The molecule has 2 heterocycles. The van der Waals surface area contributed by atoms with Gasteiger partial charge in [-0.2, -0.15) is 0 Å². The predicted octanol–water partition coefficient (Wildman–Crippen LogP) is 1.76. The van der Waals surface area contributed by atoms with Crippen LogP contribution >= 0.6 is 0 Å². The summed E-state index contributed by atoms with van der Waals surface area (Å²) < 4.78 is 0. The van der Waals surface area contributed by atoms with Crippen LogP contribution in [0.25, 0.3) is 0 Å². The zero-order valence-corrected chi connectivity index (χ0v) is 13.4. The molecule has 2 rings (SSSR count). The summed E-state index contributed by atoms with van der Waals surface area (Å²) in [6.07, 6.45) is 8.53. The molecule has 1 saturated heterocycles. The SMILES string of the molecule is CCC(CCN)N1CCCN(CCc2ccncc2)CC1. The van der Waals surface area contributed by atoms with Crippen molar-refractivity contribution >= 4 is 0 Å². The van der Waals surface area contributed by atoms with E-state index in [1.54, 1.807) is 0 Å². The van der Waals surface area contributed by atoms with Crippen LogP contribution in [-0.4, -0.2) is 60.1 Å². The van der Waals surface area contributed by atoms with Gasteiger partial charge in [0.2, 0.25) is 0 Å². The molecule has 2 N–H and O–H groups in total. The Morgan fingerprint density at radius 2 is 2.00 bits per heavy atom. The van der Waals surface area contributed by atoms with E-state index in [2.05, 4.69) is 33.8 Å². The van der Waals surface area contributed by atoms with E-state index in [4.69, 9.17) is 5.73 Å². The Morgan fingerprint density at radius 3 is 2.71 bits per heavy atom. The van der Waals surface area contributed by atoms with Crippen LogP contribution in [0.3, 0.4) is 0 Å². The normalized spacial score (nSPS) is 19.3. The monoisotopic (exact) mass is 290 g/mol. The van der Waals surface area contributed by atoms with Crippen molar-refractivity contribution in [2.24, 2.45) is 5.73 Å². The molecular weight excluding hydrogens is 260 g/mol. The highest BCUT2D eigenvalue weighted by molar-refractivity contribution is 5.09. The van der Waals surface area contributed by atoms with E-state index in [0.29, 0.717) is 6.04 Å². The first-order chi connectivity index (χ1) is 10.3. The molecule has 1 aliphatic heterocycles. The van der Waals surface area contributed by atoms with Crippen LogP contribution in [0, 0.1) is 0 Å². The van der Waals surface area contributed by atoms with E-state index in [0.717, 1.165) is 25.9 Å². The van der Waals surface area contributed by atoms with Crippen LogP contribution < -0.4 is 5.73 Å². The van der Waals surface area contributed by atoms with Crippen molar-refractivity contribution < 1.29 is 0 Å². The lowest BCUT2D eigenvalue weighted by atomic mass is 10.1. The maximum Gasteiger partial charge on any atom is 0.0270 e. The van der Waals surface area contributed by atoms with Gasteiger partial charge in [0.25, 0.3) is 0 Å². The Hall–Kier alpha value is -0.970. The largest absolute Gasteiger partial charge is 0.330 e. The highest BCUT2D eigenvalue weighted by atomic mass is 15.2. The van der Waals surface area contributed by atoms with Crippen LogP contribution in [0.15, 0.2) is 24.5 Å². The van der Waals surface area contributed by atoms with E-state index in [-0.39, 0.29) is 0 Å². The van der Waals surface area contributed by atoms with Crippen LogP contribution in [0.2, 0.25) is 0 Å². The maximum atomic E-state index is 5.75. The average Bonchev–Trinajstić information content (AvgIpc) is 2.77. The van der Waals surface area contributed by atoms with Gasteiger partial charge >= 0.3 is 0 Å². The molecule has 4 nitrogen and oxygen atoms in total. The van der Waals surface area contributed by atoms with E-state index in [9.17, 15) is 0 Å². The summed E-state index contributed by atoms with van der Waals surface area (Å²) in [4.78, 5) is 9.34. The van der Waals surface area contributed by atoms with Crippen LogP contribution in [0.4, 0.5) is 0 Å². The van der Waals surface area contributed by atoms with Crippen molar-refractivity contribution in [1.82, 2.24) is 14.8 Å². The minimum atomic E-state index is 0.676. The Bertz CT molecular complexity index is 382. The molecule has 0 spiro atoms. The fraction of sp³-hybridized carbons (Fsp3) is 0.706. The molecule has 0 bridgehead atoms. The summed E-state index contributed by atoms with van der Waals surface area (Å²) in [5, 5.41) is 0. The second-order valence-electron chi connectivity index (χ2n) is 5.98. The molecule has 1 aromatic rings. The third-order valence-corrected chi connectivity index (χ3v) is 4.58. The fourth-order valence-corrected chi connectivity index (χ4v) is 3.25. The van der Waals surface area contributed by atoms with Crippen LogP contribution in [0.5, 0.6) is 0 Å². The van der Waals surface area contributed by atoms with Crippen LogP contribution in [0.1, 0.15) is 31.7 Å². The summed E-state index contributed by atoms with van der Waals surface area (Å²) in [7, 11) is 0. The summed E-state index contributed by atoms with van der Waals surface area (Å²) in [6.45, 7) is 9.07. The van der Waals surface area contributed by atoms with Crippen molar-refractivity contribution in [2.75, 3.05) is 39.3 Å². The molecule has 1 aromatic heterocycles. The molecule has 1 aliphatic rings. The van der Waals surface area contributed by atoms with Gasteiger partial charge in [0.1, 0.15) is 0 Å². The standard InChI is InChI=1S/C17H30N4/c1-2-17(4-8-18)21-12-3-11-20(14-15-21)13-7-16-5-9-19-10-6-16/h5-6,9-10,17H,2-4,7-8,11-15,18H2,1H3. The van der Waals surface area contributed by atoms with Gasteiger partial charge in [0.05, 0.1) is 0 Å². The zero-order valence-electron chi connectivity index (χ0n) is 13.4. The summed E-state index contributed by atoms with van der Waals surface area (Å²) in [5.74, 6) is 0. The van der Waals surface area contributed by atoms with Gasteiger partial charge in [-0.1, -0.05) is 6.92 Å². The first-order valence-corrected chi connectivity index (χ1v) is 8.39. The first-order valence-electron chi connectivity index (χ1n) is 8.39. The molecule has 0 saturated carbocycles. The molecule has 1 fully saturated rings. The van der Waals surface area contributed by atoms with Crippen LogP contribution in [-0.2, 0) is 6.42 Å². The third kappa shape index (κ3) is 5.38. The quantitative estimate of drug-likeness (QED) is 0.831. The van der Waals surface area contributed by atoms with Crippen molar-refractivity contribution in [1.29, 1.82) is 0 Å². The van der Waals surface area contributed by atoms with Gasteiger partial charge in [0, 0.05) is 38.1 Å². The van der Waals surface area contributed by atoms with Crippen molar-refractivity contribution in [3.05, 3.63) is 30.1 Å². The predicted molar refractivity (Wildman–Crippen MR) is 88.3 cm³/mol. The van der Waals surface area contributed by atoms with E-state index in [1.807, 2.05) is 12.4 Å². The number of nitrogens with zero attached hydrogens (tertiary/aromatic N) is 3. The van der Waals surface area contributed by atoms with Gasteiger partial charge in [-0.05, 0) is 63.0 Å². The maximum absolute atomic E-state index is 5.75. The Balaban J connectivity index is 1.78. The lowest BCUT2D eigenvalue weighted by Crippen LogP contribution is -2.39. The molecule has 1 unspecified atom stereocenters. The number of hydrogen-bond acceptors (Lipinski definition) is 4. The molecule has 0 aliphatic carbocycles. The Morgan fingerprint density at radius 1 is 1.19 bits per heavy atom. The van der Waals surface area contributed by atoms with Gasteiger partial charge in [-0.15, -0.1) is 0 Å². The molecule has 0 radical (unpaired) electrons. The van der Waals surface area contributed by atoms with E-state index >= 15 is 0 Å². The average molecular weight is 290 g/mol. The van der Waals surface area contributed by atoms with Crippen molar-refractivity contribution in [2.45, 2.75) is 38.6 Å². The number of pyridine rings is 1. The minimum absolute atomic E-state index is 0.676. The molecule has 0 aromatic carbocycles. The summed E-state index contributed by atoms with van der Waals surface area (Å²) >= 11 is 0. The van der Waals surface area contributed by atoms with Gasteiger partial charge in [0.15, 0.2) is 0 Å². The van der Waals surface area contributed by atoms with E-state index < -0.39 is 0 Å². The Labute approximate surface area is 129 Å². The fourth-order valence-electron chi connectivity index (χ4n) is 3.25. The van der Waals surface area contributed by atoms with Gasteiger partial charge in [-0.25, -0.2) is 0 Å². The molecule has 4 heteroatoms. The second-order valence-corrected chi connectivity index (χ2v) is 5.98. The molecular formula is C17H30N4. The summed E-state index contributed by atoms with van der Waals surface area (Å²) in [6, 6.07) is 4.92. The van der Waals surface area contributed by atoms with Crippen molar-refractivity contribution in [3.8, 4) is 0 Å². The van der Waals surface area contributed by atoms with Gasteiger partial charge in [-0.3, -0.25) is 9.88 Å². The number of rotatable bonds is 7. The summed E-state index contributed by atoms with van der Waals surface area (Å²) in [5.41, 5.74) is 7.14. The topological polar surface area (TPSA) is 45.4 Å². The third-order valence-electron chi connectivity index (χ3n) is 4.58. The highest BCUT2D eigenvalue weighted by Crippen LogP contribution is 2.12. The minimum Gasteiger partial charge on any atom is -0.330 e. The number of hydrogen-bond donors (Lipinski definition) is 1. The highest BCUT2D eigenvalue weighted by Gasteiger charge is 2.20. The Kier molecular flexibility index (Phi) is 7.13. The first kappa shape index (κ1) is 16.4. The van der Waals surface area contributed by atoms with Crippen molar-refractivity contribution in [3.63, 3.8) is 0 Å². The zero-order chi connectivity index (χ0) is 14.9. The lowest BCUT2D eigenvalue weighted by Gasteiger charge is -2.29. The second kappa shape index (κ2) is 9.13. The van der Waals surface area contributed by atoms with Gasteiger partial charge < -0.3 is 10.6 Å². The van der Waals surface area contributed by atoms with E-state index in [1.165, 1.54) is 44.6 Å². The number of nitrogens with two attached hydrogens (primary N) is 1. The number of aromatic nitrogens is 1. The smallest absolute Gasteiger partial charge is 0.0270 e. The molecule has 21 heavy (non-hydrogen) atoms. The molecule has 118 valence electrons. The lowest BCUT2D eigenvalue weighted by molar-refractivity contribution is 0.186.